The number of tetrazole rings is 1. The second kappa shape index (κ2) is 11.6. The Morgan fingerprint density at radius 1 is 1.12 bits per heavy atom. The molecule has 4 rings (SSSR count). The van der Waals surface area contributed by atoms with Gasteiger partial charge in [0, 0.05) is 31.0 Å². The van der Waals surface area contributed by atoms with Crippen LogP contribution in [0.3, 0.4) is 0 Å². The molecule has 0 atom stereocenters. The molecule has 0 unspecified atom stereocenters. The van der Waals surface area contributed by atoms with Crippen LogP contribution in [0.25, 0.3) is 0 Å². The highest BCUT2D eigenvalue weighted by Gasteiger charge is 2.23. The van der Waals surface area contributed by atoms with Crippen LogP contribution in [0.4, 0.5) is 5.69 Å². The number of hydrogen-bond donors (Lipinski definition) is 0. The lowest BCUT2D eigenvalue weighted by Gasteiger charge is -2.30. The predicted octanol–water partition coefficient (Wildman–Crippen LogP) is 4.88. The summed E-state index contributed by atoms with van der Waals surface area (Å²) in [5.74, 6) is 2.57. The Bertz CT molecular complexity index is 881. The zero-order valence-electron chi connectivity index (χ0n) is 18.8. The van der Waals surface area contributed by atoms with Gasteiger partial charge in [-0.3, -0.25) is 4.79 Å². The second-order valence-electron chi connectivity index (χ2n) is 8.87. The van der Waals surface area contributed by atoms with E-state index in [2.05, 4.69) is 26.3 Å². The van der Waals surface area contributed by atoms with Crippen molar-refractivity contribution in [3.05, 3.63) is 29.6 Å². The number of ether oxygens (including phenoxy) is 1. The Morgan fingerprint density at radius 3 is 2.84 bits per heavy atom. The van der Waals surface area contributed by atoms with Crippen molar-refractivity contribution < 1.29 is 9.53 Å². The van der Waals surface area contributed by atoms with Crippen molar-refractivity contribution >= 4 is 23.2 Å². The van der Waals surface area contributed by atoms with E-state index in [0.29, 0.717) is 24.9 Å². The Labute approximate surface area is 195 Å². The summed E-state index contributed by atoms with van der Waals surface area (Å²) in [5.41, 5.74) is 2.22. The molecule has 0 spiro atoms. The molecule has 7 nitrogen and oxygen atoms in total. The zero-order chi connectivity index (χ0) is 22.2. The van der Waals surface area contributed by atoms with Gasteiger partial charge in [-0.15, -0.1) is 16.7 Å². The van der Waals surface area contributed by atoms with E-state index in [1.54, 1.807) is 0 Å². The van der Waals surface area contributed by atoms with Gasteiger partial charge in [-0.05, 0) is 79.1 Å². The fourth-order valence-electron chi connectivity index (χ4n) is 4.84. The monoisotopic (exact) mass is 459 g/mol. The van der Waals surface area contributed by atoms with E-state index in [-0.39, 0.29) is 5.91 Å². The summed E-state index contributed by atoms with van der Waals surface area (Å²) in [5, 5.41) is 12.4. The van der Waals surface area contributed by atoms with Crippen LogP contribution in [0, 0.1) is 0 Å². The minimum atomic E-state index is 0.163. The fourth-order valence-corrected chi connectivity index (χ4v) is 4.97. The van der Waals surface area contributed by atoms with E-state index in [4.69, 9.17) is 16.3 Å². The van der Waals surface area contributed by atoms with Gasteiger partial charge in [-0.1, -0.05) is 19.3 Å². The number of carbonyl (C=O) groups is 1. The van der Waals surface area contributed by atoms with Crippen molar-refractivity contribution in [2.75, 3.05) is 23.9 Å². The Morgan fingerprint density at radius 2 is 2.00 bits per heavy atom. The van der Waals surface area contributed by atoms with E-state index in [1.165, 1.54) is 37.7 Å². The zero-order valence-corrected chi connectivity index (χ0v) is 19.6. The molecule has 0 radical (unpaired) electrons. The molecule has 1 aliphatic heterocycles. The first-order chi connectivity index (χ1) is 15.8. The normalized spacial score (nSPS) is 16.7. The number of aryl methyl sites for hydroxylation is 2. The lowest BCUT2D eigenvalue weighted by molar-refractivity contribution is -0.118. The number of carbonyl (C=O) groups excluding carboxylic acids is 1. The molecule has 2 aliphatic rings. The van der Waals surface area contributed by atoms with E-state index in [9.17, 15) is 4.79 Å². The highest BCUT2D eigenvalue weighted by molar-refractivity contribution is 6.18. The average Bonchev–Trinajstić information content (AvgIpc) is 3.31. The number of anilines is 1. The van der Waals surface area contributed by atoms with E-state index in [1.807, 2.05) is 17.0 Å². The number of amides is 1. The number of nitrogens with zero attached hydrogens (tertiary/aromatic N) is 5. The molecule has 1 saturated carbocycles. The molecule has 32 heavy (non-hydrogen) atoms. The quantitative estimate of drug-likeness (QED) is 0.374. The third-order valence-electron chi connectivity index (χ3n) is 6.54. The number of fused-ring (bicyclic) bond motifs is 1. The van der Waals surface area contributed by atoms with Crippen molar-refractivity contribution in [1.82, 2.24) is 20.2 Å². The first-order valence-electron chi connectivity index (χ1n) is 12.1. The first-order valence-corrected chi connectivity index (χ1v) is 12.7. The third kappa shape index (κ3) is 5.80. The molecule has 1 aliphatic carbocycles. The number of aromatic nitrogens is 4. The summed E-state index contributed by atoms with van der Waals surface area (Å²) < 4.78 is 8.08. The van der Waals surface area contributed by atoms with Crippen LogP contribution in [-0.2, 0) is 17.6 Å². The van der Waals surface area contributed by atoms with Gasteiger partial charge in [-0.25, -0.2) is 4.68 Å². The van der Waals surface area contributed by atoms with E-state index >= 15 is 0 Å². The molecule has 1 aromatic carbocycles. The number of halogens is 1. The Kier molecular flexibility index (Phi) is 8.37. The van der Waals surface area contributed by atoms with Crippen molar-refractivity contribution in [2.45, 2.75) is 83.1 Å². The van der Waals surface area contributed by atoms with Gasteiger partial charge in [0.05, 0.1) is 12.6 Å². The van der Waals surface area contributed by atoms with Crippen molar-refractivity contribution in [3.63, 3.8) is 0 Å². The molecule has 0 N–H and O–H groups in total. The summed E-state index contributed by atoms with van der Waals surface area (Å²) in [4.78, 5) is 14.4. The maximum absolute atomic E-state index is 12.5. The highest BCUT2D eigenvalue weighted by atomic mass is 35.5. The average molecular weight is 460 g/mol. The standard InChI is InChI=1S/C24H34ClN5O2/c25-15-6-12-24(31)29-16-7-8-19-18-21(13-14-22(19)29)32-17-5-4-11-23-26-27-28-30(23)20-9-2-1-3-10-20/h13-14,18,20H,1-12,15-17H2. The topological polar surface area (TPSA) is 73.1 Å². The highest BCUT2D eigenvalue weighted by Crippen LogP contribution is 2.31. The first kappa shape index (κ1) is 23.0. The summed E-state index contributed by atoms with van der Waals surface area (Å²) in [6.45, 7) is 1.46. The second-order valence-corrected chi connectivity index (χ2v) is 9.25. The maximum Gasteiger partial charge on any atom is 0.227 e. The largest absolute Gasteiger partial charge is 0.494 e. The maximum atomic E-state index is 12.5. The van der Waals surface area contributed by atoms with Crippen LogP contribution in [0.5, 0.6) is 5.75 Å². The predicted molar refractivity (Wildman–Crippen MR) is 125 cm³/mol. The van der Waals surface area contributed by atoms with Gasteiger partial charge in [0.15, 0.2) is 5.82 Å². The molecular weight excluding hydrogens is 426 g/mol. The number of benzene rings is 1. The van der Waals surface area contributed by atoms with Crippen LogP contribution >= 0.6 is 11.6 Å². The van der Waals surface area contributed by atoms with Crippen LogP contribution < -0.4 is 9.64 Å². The van der Waals surface area contributed by atoms with Gasteiger partial charge in [0.1, 0.15) is 5.75 Å². The molecule has 0 bridgehead atoms. The molecular formula is C24H34ClN5O2. The molecule has 2 aromatic rings. The van der Waals surface area contributed by atoms with Gasteiger partial charge in [0.2, 0.25) is 5.91 Å². The number of alkyl halides is 1. The Balaban J connectivity index is 1.24. The van der Waals surface area contributed by atoms with Crippen LogP contribution in [-0.4, -0.2) is 45.1 Å². The minimum Gasteiger partial charge on any atom is -0.494 e. The SMILES string of the molecule is O=C(CCCCl)N1CCCc2cc(OCCCCc3nnnn3C3CCCCC3)ccc21. The molecule has 2 heterocycles. The van der Waals surface area contributed by atoms with Crippen molar-refractivity contribution in [2.24, 2.45) is 0 Å². The lowest BCUT2D eigenvalue weighted by atomic mass is 9.95. The van der Waals surface area contributed by atoms with Crippen LogP contribution in [0.15, 0.2) is 18.2 Å². The summed E-state index contributed by atoms with van der Waals surface area (Å²) in [6.07, 6.45) is 12.3. The molecule has 1 aromatic heterocycles. The van der Waals surface area contributed by atoms with Gasteiger partial charge < -0.3 is 9.64 Å². The van der Waals surface area contributed by atoms with Gasteiger partial charge in [0.25, 0.3) is 0 Å². The minimum absolute atomic E-state index is 0.163. The summed E-state index contributed by atoms with van der Waals surface area (Å²) >= 11 is 5.75. The number of rotatable bonds is 10. The molecule has 8 heteroatoms. The van der Waals surface area contributed by atoms with Gasteiger partial charge >= 0.3 is 0 Å². The van der Waals surface area contributed by atoms with Gasteiger partial charge in [-0.2, -0.15) is 0 Å². The van der Waals surface area contributed by atoms with Crippen molar-refractivity contribution in [3.8, 4) is 5.75 Å². The van der Waals surface area contributed by atoms with Crippen LogP contribution in [0.2, 0.25) is 0 Å². The van der Waals surface area contributed by atoms with E-state index in [0.717, 1.165) is 62.3 Å². The smallest absolute Gasteiger partial charge is 0.227 e. The van der Waals surface area contributed by atoms with Crippen molar-refractivity contribution in [1.29, 1.82) is 0 Å². The number of hydrogen-bond acceptors (Lipinski definition) is 5. The molecule has 0 saturated heterocycles. The Hall–Kier alpha value is -2.15. The number of unbranched alkanes of at least 4 members (excludes halogenated alkanes) is 1. The fraction of sp³-hybridized carbons (Fsp3) is 0.667. The molecule has 1 fully saturated rings. The lowest BCUT2D eigenvalue weighted by Crippen LogP contribution is -2.35. The van der Waals surface area contributed by atoms with Crippen LogP contribution in [0.1, 0.15) is 81.6 Å². The van der Waals surface area contributed by atoms with E-state index < -0.39 is 0 Å². The summed E-state index contributed by atoms with van der Waals surface area (Å²) in [7, 11) is 0. The third-order valence-corrected chi connectivity index (χ3v) is 6.81. The molecule has 174 valence electrons. The summed E-state index contributed by atoms with van der Waals surface area (Å²) in [6, 6.07) is 6.58. The molecule has 1 amide bonds.